The monoisotopic (exact) mass is 292 g/mol. The van der Waals surface area contributed by atoms with Crippen LogP contribution in [-0.4, -0.2) is 22.7 Å². The van der Waals surface area contributed by atoms with Crippen LogP contribution in [0.25, 0.3) is 5.69 Å². The number of nitrogens with zero attached hydrogens (tertiary/aromatic N) is 2. The van der Waals surface area contributed by atoms with Crippen LogP contribution in [0, 0.1) is 6.92 Å². The molecule has 0 spiro atoms. The molecule has 0 N–H and O–H groups in total. The van der Waals surface area contributed by atoms with Gasteiger partial charge in [0.15, 0.2) is 5.78 Å². The first-order chi connectivity index (χ1) is 10.7. The summed E-state index contributed by atoms with van der Waals surface area (Å²) in [5, 5.41) is 4.34. The number of carbonyl (C=O) groups is 1. The number of carbonyl (C=O) groups excluding carboxylic acids is 1. The number of hydrogen-bond donors (Lipinski definition) is 0. The van der Waals surface area contributed by atoms with Crippen molar-refractivity contribution >= 4 is 5.78 Å². The molecule has 3 aromatic rings. The van der Waals surface area contributed by atoms with E-state index in [1.54, 1.807) is 42.3 Å². The second-order valence-electron chi connectivity index (χ2n) is 4.95. The number of methoxy groups -OCH3 is 1. The van der Waals surface area contributed by atoms with E-state index >= 15 is 0 Å². The summed E-state index contributed by atoms with van der Waals surface area (Å²) in [6, 6.07) is 16.9. The zero-order valence-electron chi connectivity index (χ0n) is 12.5. The maximum atomic E-state index is 12.6. The maximum Gasteiger partial charge on any atom is 0.196 e. The van der Waals surface area contributed by atoms with E-state index in [0.717, 1.165) is 17.1 Å². The quantitative estimate of drug-likeness (QED) is 0.692. The summed E-state index contributed by atoms with van der Waals surface area (Å²) in [5.74, 6) is 0.690. The van der Waals surface area contributed by atoms with Crippen molar-refractivity contribution in [2.24, 2.45) is 0 Å². The van der Waals surface area contributed by atoms with Gasteiger partial charge in [-0.3, -0.25) is 4.79 Å². The first-order valence-electron chi connectivity index (χ1n) is 6.99. The Morgan fingerprint density at radius 3 is 2.36 bits per heavy atom. The zero-order chi connectivity index (χ0) is 15.5. The van der Waals surface area contributed by atoms with Crippen molar-refractivity contribution in [2.45, 2.75) is 6.92 Å². The molecular weight excluding hydrogens is 276 g/mol. The van der Waals surface area contributed by atoms with Crippen molar-refractivity contribution in [3.05, 3.63) is 77.6 Å². The number of ether oxygens (including phenoxy) is 1. The van der Waals surface area contributed by atoms with E-state index in [1.165, 1.54) is 0 Å². The third-order valence-corrected chi connectivity index (χ3v) is 3.61. The summed E-state index contributed by atoms with van der Waals surface area (Å²) in [6.07, 6.45) is 1.62. The predicted octanol–water partition coefficient (Wildman–Crippen LogP) is 3.42. The Morgan fingerprint density at radius 1 is 1.05 bits per heavy atom. The van der Waals surface area contributed by atoms with Gasteiger partial charge in [0.25, 0.3) is 0 Å². The normalized spacial score (nSPS) is 10.5. The Balaban J connectivity index is 1.95. The Labute approximate surface area is 129 Å². The first kappa shape index (κ1) is 14.1. The number of aromatic nitrogens is 2. The van der Waals surface area contributed by atoms with Gasteiger partial charge in [-0.05, 0) is 43.3 Å². The van der Waals surface area contributed by atoms with Gasteiger partial charge in [-0.15, -0.1) is 0 Å². The summed E-state index contributed by atoms with van der Waals surface area (Å²) in [4.78, 5) is 12.6. The van der Waals surface area contributed by atoms with E-state index in [9.17, 15) is 4.79 Å². The van der Waals surface area contributed by atoms with Crippen LogP contribution in [0.4, 0.5) is 0 Å². The van der Waals surface area contributed by atoms with Gasteiger partial charge in [-0.2, -0.15) is 5.10 Å². The SMILES string of the molecule is COc1ccc(C(=O)c2cnn(-c3ccccc3)c2C)cc1. The average molecular weight is 292 g/mol. The van der Waals surface area contributed by atoms with Crippen molar-refractivity contribution in [1.82, 2.24) is 9.78 Å². The highest BCUT2D eigenvalue weighted by molar-refractivity contribution is 6.09. The highest BCUT2D eigenvalue weighted by Gasteiger charge is 2.16. The number of benzene rings is 2. The Hall–Kier alpha value is -2.88. The van der Waals surface area contributed by atoms with Crippen LogP contribution in [0.1, 0.15) is 21.6 Å². The van der Waals surface area contributed by atoms with Crippen molar-refractivity contribution in [3.63, 3.8) is 0 Å². The molecule has 0 saturated heterocycles. The zero-order valence-corrected chi connectivity index (χ0v) is 12.5. The molecule has 0 saturated carbocycles. The number of hydrogen-bond acceptors (Lipinski definition) is 3. The molecule has 1 heterocycles. The van der Waals surface area contributed by atoms with Gasteiger partial charge in [-0.25, -0.2) is 4.68 Å². The molecule has 4 heteroatoms. The van der Waals surface area contributed by atoms with Gasteiger partial charge in [0.1, 0.15) is 5.75 Å². The fraction of sp³-hybridized carbons (Fsp3) is 0.111. The molecule has 0 radical (unpaired) electrons. The largest absolute Gasteiger partial charge is 0.497 e. The molecule has 0 bridgehead atoms. The van der Waals surface area contributed by atoms with E-state index in [-0.39, 0.29) is 5.78 Å². The van der Waals surface area contributed by atoms with Gasteiger partial charge in [0.05, 0.1) is 30.3 Å². The lowest BCUT2D eigenvalue weighted by Crippen LogP contribution is -2.04. The Kier molecular flexibility index (Phi) is 3.74. The van der Waals surface area contributed by atoms with E-state index in [1.807, 2.05) is 37.3 Å². The fourth-order valence-corrected chi connectivity index (χ4v) is 2.36. The molecule has 0 aliphatic carbocycles. The molecule has 4 nitrogen and oxygen atoms in total. The van der Waals surface area contributed by atoms with Gasteiger partial charge in [0, 0.05) is 5.56 Å². The minimum absolute atomic E-state index is 0.0395. The highest BCUT2D eigenvalue weighted by Crippen LogP contribution is 2.19. The van der Waals surface area contributed by atoms with Crippen molar-refractivity contribution < 1.29 is 9.53 Å². The molecule has 2 aromatic carbocycles. The van der Waals surface area contributed by atoms with Crippen LogP contribution in [0.5, 0.6) is 5.75 Å². The molecular formula is C18H16N2O2. The lowest BCUT2D eigenvalue weighted by atomic mass is 10.0. The molecule has 1 aromatic heterocycles. The topological polar surface area (TPSA) is 44.1 Å². The summed E-state index contributed by atoms with van der Waals surface area (Å²) in [6.45, 7) is 1.90. The van der Waals surface area contributed by atoms with E-state index in [4.69, 9.17) is 4.74 Å². The van der Waals surface area contributed by atoms with Crippen molar-refractivity contribution in [2.75, 3.05) is 7.11 Å². The highest BCUT2D eigenvalue weighted by atomic mass is 16.5. The summed E-state index contributed by atoms with van der Waals surface area (Å²) in [7, 11) is 1.60. The molecule has 3 rings (SSSR count). The second kappa shape index (κ2) is 5.85. The summed E-state index contributed by atoms with van der Waals surface area (Å²) >= 11 is 0. The van der Waals surface area contributed by atoms with Gasteiger partial charge >= 0.3 is 0 Å². The standard InChI is InChI=1S/C18H16N2O2/c1-13-17(12-19-20(13)15-6-4-3-5-7-15)18(21)14-8-10-16(22-2)11-9-14/h3-12H,1-2H3. The van der Waals surface area contributed by atoms with Gasteiger partial charge < -0.3 is 4.74 Å². The summed E-state index contributed by atoms with van der Waals surface area (Å²) in [5.41, 5.74) is 2.99. The third-order valence-electron chi connectivity index (χ3n) is 3.61. The minimum atomic E-state index is -0.0395. The fourth-order valence-electron chi connectivity index (χ4n) is 2.36. The second-order valence-corrected chi connectivity index (χ2v) is 4.95. The van der Waals surface area contributed by atoms with Crippen LogP contribution in [0.3, 0.4) is 0 Å². The number of ketones is 1. The average Bonchev–Trinajstić information content (AvgIpc) is 2.96. The van der Waals surface area contributed by atoms with Crippen LogP contribution >= 0.6 is 0 Å². The van der Waals surface area contributed by atoms with Crippen LogP contribution in [0.15, 0.2) is 60.8 Å². The van der Waals surface area contributed by atoms with Crippen LogP contribution in [0.2, 0.25) is 0 Å². The van der Waals surface area contributed by atoms with Crippen LogP contribution < -0.4 is 4.74 Å². The number of para-hydroxylation sites is 1. The van der Waals surface area contributed by atoms with Gasteiger partial charge in [-0.1, -0.05) is 18.2 Å². The van der Waals surface area contributed by atoms with E-state index in [2.05, 4.69) is 5.10 Å². The first-order valence-corrected chi connectivity index (χ1v) is 6.99. The maximum absolute atomic E-state index is 12.6. The predicted molar refractivity (Wildman–Crippen MR) is 84.7 cm³/mol. The Bertz CT molecular complexity index is 790. The lowest BCUT2D eigenvalue weighted by Gasteiger charge is -2.05. The summed E-state index contributed by atoms with van der Waals surface area (Å²) < 4.78 is 6.89. The molecule has 0 unspecified atom stereocenters. The Morgan fingerprint density at radius 2 is 1.73 bits per heavy atom. The van der Waals surface area contributed by atoms with E-state index in [0.29, 0.717) is 11.1 Å². The minimum Gasteiger partial charge on any atom is -0.497 e. The lowest BCUT2D eigenvalue weighted by molar-refractivity contribution is 0.103. The number of rotatable bonds is 4. The van der Waals surface area contributed by atoms with E-state index < -0.39 is 0 Å². The van der Waals surface area contributed by atoms with Gasteiger partial charge in [0.2, 0.25) is 0 Å². The molecule has 110 valence electrons. The van der Waals surface area contributed by atoms with Crippen molar-refractivity contribution in [3.8, 4) is 11.4 Å². The molecule has 0 aliphatic rings. The molecule has 0 fully saturated rings. The van der Waals surface area contributed by atoms with Crippen molar-refractivity contribution in [1.29, 1.82) is 0 Å². The smallest absolute Gasteiger partial charge is 0.196 e. The molecule has 22 heavy (non-hydrogen) atoms. The third kappa shape index (κ3) is 2.51. The molecule has 0 amide bonds. The van der Waals surface area contributed by atoms with Crippen LogP contribution in [-0.2, 0) is 0 Å². The molecule has 0 atom stereocenters. The molecule has 0 aliphatic heterocycles.